The van der Waals surface area contributed by atoms with Gasteiger partial charge in [-0.05, 0) is 50.4 Å². The molecule has 2 aromatic rings. The first-order valence-electron chi connectivity index (χ1n) is 8.93. The Balaban J connectivity index is 0.000000311. The monoisotopic (exact) mass is 410 g/mol. The summed E-state index contributed by atoms with van der Waals surface area (Å²) >= 11 is 0. The lowest BCUT2D eigenvalue weighted by Gasteiger charge is -2.15. The van der Waals surface area contributed by atoms with Crippen molar-refractivity contribution in [3.8, 4) is 6.07 Å². The van der Waals surface area contributed by atoms with Crippen LogP contribution in [0.5, 0.6) is 0 Å². The Morgan fingerprint density at radius 2 is 1.97 bits per heavy atom. The van der Waals surface area contributed by atoms with Gasteiger partial charge in [0, 0.05) is 12.6 Å². The Hall–Kier alpha value is -3.79. The first-order valence-corrected chi connectivity index (χ1v) is 8.93. The molecular formula is C23H24F2N4O. The van der Waals surface area contributed by atoms with E-state index in [-0.39, 0.29) is 17.2 Å². The van der Waals surface area contributed by atoms with Gasteiger partial charge in [0.2, 0.25) is 0 Å². The van der Waals surface area contributed by atoms with Crippen molar-refractivity contribution < 1.29 is 13.6 Å². The summed E-state index contributed by atoms with van der Waals surface area (Å²) < 4.78 is 27.2. The molecule has 0 aliphatic rings. The summed E-state index contributed by atoms with van der Waals surface area (Å²) in [5, 5.41) is 14.0. The van der Waals surface area contributed by atoms with E-state index in [1.54, 1.807) is 25.2 Å². The normalized spacial score (nSPS) is 10.7. The highest BCUT2D eigenvalue weighted by Crippen LogP contribution is 2.26. The zero-order valence-corrected chi connectivity index (χ0v) is 17.2. The second kappa shape index (κ2) is 11.3. The third-order valence-electron chi connectivity index (χ3n) is 4.08. The highest BCUT2D eigenvalue weighted by molar-refractivity contribution is 5.75. The Kier molecular flexibility index (Phi) is 9.11. The molecule has 5 nitrogen and oxygen atoms in total. The third-order valence-corrected chi connectivity index (χ3v) is 4.08. The van der Waals surface area contributed by atoms with E-state index in [0.29, 0.717) is 5.56 Å². The summed E-state index contributed by atoms with van der Waals surface area (Å²) in [5.74, 6) is -1.21. The van der Waals surface area contributed by atoms with Gasteiger partial charge in [0.05, 0.1) is 17.2 Å². The fourth-order valence-electron chi connectivity index (χ4n) is 2.30. The Morgan fingerprint density at radius 1 is 1.27 bits per heavy atom. The van der Waals surface area contributed by atoms with Gasteiger partial charge in [0.1, 0.15) is 23.6 Å². The van der Waals surface area contributed by atoms with E-state index in [4.69, 9.17) is 5.26 Å². The van der Waals surface area contributed by atoms with Crippen LogP contribution in [0.2, 0.25) is 0 Å². The molecule has 0 fully saturated rings. The molecule has 2 N–H and O–H groups in total. The molecule has 156 valence electrons. The van der Waals surface area contributed by atoms with E-state index in [9.17, 15) is 13.6 Å². The van der Waals surface area contributed by atoms with E-state index < -0.39 is 17.0 Å². The van der Waals surface area contributed by atoms with E-state index >= 15 is 0 Å². The SMILES string of the molecule is C=C/C=C(/N=C)Nc1c(F)ccc(NC)c1F.CC(C)(C#N)c1cccc(C=O)c1. The van der Waals surface area contributed by atoms with Gasteiger partial charge < -0.3 is 10.6 Å². The first kappa shape index (κ1) is 24.2. The standard InChI is InChI=1S/C12H13F2N3.C11H11NO/c1-4-5-10(16-3)17-12-8(13)6-7-9(15-2)11(12)14;1-11(2,8-12)10-5-3-4-9(6-10)7-13/h4-7,15,17H,1,3H2,2H3;3-7H,1-2H3/b10-5-;. The van der Waals surface area contributed by atoms with Crippen molar-refractivity contribution in [3.63, 3.8) is 0 Å². The van der Waals surface area contributed by atoms with Gasteiger partial charge in [-0.2, -0.15) is 5.26 Å². The van der Waals surface area contributed by atoms with Gasteiger partial charge in [-0.1, -0.05) is 30.9 Å². The van der Waals surface area contributed by atoms with Crippen LogP contribution in [0, 0.1) is 23.0 Å². The molecule has 2 aromatic carbocycles. The van der Waals surface area contributed by atoms with Crippen LogP contribution in [0.15, 0.2) is 65.9 Å². The van der Waals surface area contributed by atoms with Crippen molar-refractivity contribution in [2.75, 3.05) is 17.7 Å². The zero-order valence-electron chi connectivity index (χ0n) is 17.2. The largest absolute Gasteiger partial charge is 0.386 e. The summed E-state index contributed by atoms with van der Waals surface area (Å²) in [4.78, 5) is 14.1. The number of benzene rings is 2. The van der Waals surface area contributed by atoms with E-state index in [1.165, 1.54) is 18.2 Å². The number of halogens is 2. The molecule has 0 aliphatic carbocycles. The van der Waals surface area contributed by atoms with Crippen LogP contribution < -0.4 is 10.6 Å². The Bertz CT molecular complexity index is 991. The maximum absolute atomic E-state index is 13.8. The molecule has 0 spiro atoms. The third kappa shape index (κ3) is 6.38. The van der Waals surface area contributed by atoms with Gasteiger partial charge in [0.15, 0.2) is 5.82 Å². The number of nitrogens with zero attached hydrogens (tertiary/aromatic N) is 2. The lowest BCUT2D eigenvalue weighted by Crippen LogP contribution is -2.13. The van der Waals surface area contributed by atoms with Crippen LogP contribution in [0.25, 0.3) is 0 Å². The number of hydrogen-bond donors (Lipinski definition) is 2. The number of aliphatic imine (C=N–C) groups is 1. The van der Waals surface area contributed by atoms with Gasteiger partial charge in [-0.3, -0.25) is 4.79 Å². The van der Waals surface area contributed by atoms with Crippen LogP contribution in [0.4, 0.5) is 20.2 Å². The quantitative estimate of drug-likeness (QED) is 0.362. The predicted octanol–water partition coefficient (Wildman–Crippen LogP) is 5.45. The lowest BCUT2D eigenvalue weighted by molar-refractivity contribution is 0.112. The molecule has 2 rings (SSSR count). The number of nitriles is 1. The molecule has 0 saturated carbocycles. The Morgan fingerprint density at radius 3 is 2.50 bits per heavy atom. The molecule has 0 atom stereocenters. The molecule has 7 heteroatoms. The van der Waals surface area contributed by atoms with Crippen LogP contribution in [0.3, 0.4) is 0 Å². The molecule has 0 aliphatic heterocycles. The van der Waals surface area contributed by atoms with Gasteiger partial charge >= 0.3 is 0 Å². The van der Waals surface area contributed by atoms with E-state index in [1.807, 2.05) is 19.9 Å². The van der Waals surface area contributed by atoms with Crippen molar-refractivity contribution in [2.45, 2.75) is 19.3 Å². The molecule has 0 radical (unpaired) electrons. The number of nitrogens with one attached hydrogen (secondary N) is 2. The van der Waals surface area contributed by atoms with Crippen molar-refractivity contribution in [1.29, 1.82) is 5.26 Å². The van der Waals surface area contributed by atoms with Gasteiger partial charge in [0.25, 0.3) is 0 Å². The van der Waals surface area contributed by atoms with Gasteiger partial charge in [-0.25, -0.2) is 13.8 Å². The maximum atomic E-state index is 13.8. The van der Waals surface area contributed by atoms with Crippen molar-refractivity contribution >= 4 is 24.4 Å². The minimum Gasteiger partial charge on any atom is -0.386 e. The fraction of sp³-hybridized carbons (Fsp3) is 0.174. The molecule has 0 heterocycles. The predicted molar refractivity (Wildman–Crippen MR) is 118 cm³/mol. The second-order valence-electron chi connectivity index (χ2n) is 6.58. The van der Waals surface area contributed by atoms with Crippen molar-refractivity contribution in [2.24, 2.45) is 4.99 Å². The summed E-state index contributed by atoms with van der Waals surface area (Å²) in [7, 11) is 1.55. The van der Waals surface area contributed by atoms with Crippen LogP contribution in [-0.2, 0) is 5.41 Å². The highest BCUT2D eigenvalue weighted by Gasteiger charge is 2.19. The minimum atomic E-state index is -0.717. The first-order chi connectivity index (χ1) is 14.2. The average Bonchev–Trinajstić information content (AvgIpc) is 2.76. The highest BCUT2D eigenvalue weighted by atomic mass is 19.1. The number of anilines is 2. The zero-order chi connectivity index (χ0) is 22.7. The summed E-state index contributed by atoms with van der Waals surface area (Å²) in [6.45, 7) is 10.4. The Labute approximate surface area is 175 Å². The molecule has 0 amide bonds. The lowest BCUT2D eigenvalue weighted by atomic mass is 9.86. The van der Waals surface area contributed by atoms with Crippen LogP contribution in [0.1, 0.15) is 29.8 Å². The smallest absolute Gasteiger partial charge is 0.172 e. The minimum absolute atomic E-state index is 0.191. The molecule has 0 bridgehead atoms. The maximum Gasteiger partial charge on any atom is 0.172 e. The number of allylic oxidation sites excluding steroid dienone is 2. The molecule has 0 saturated heterocycles. The molecule has 30 heavy (non-hydrogen) atoms. The van der Waals surface area contributed by atoms with Gasteiger partial charge in [-0.15, -0.1) is 0 Å². The number of carbonyl (C=O) groups is 1. The van der Waals surface area contributed by atoms with Crippen LogP contribution >= 0.6 is 0 Å². The molecule has 0 aromatic heterocycles. The van der Waals surface area contributed by atoms with Crippen molar-refractivity contribution in [1.82, 2.24) is 0 Å². The summed E-state index contributed by atoms with van der Waals surface area (Å²) in [6, 6.07) is 11.8. The number of rotatable bonds is 7. The second-order valence-corrected chi connectivity index (χ2v) is 6.58. The van der Waals surface area contributed by atoms with E-state index in [0.717, 1.165) is 17.9 Å². The topological polar surface area (TPSA) is 77.3 Å². The fourth-order valence-corrected chi connectivity index (χ4v) is 2.30. The number of carbonyl (C=O) groups excluding carboxylic acids is 1. The number of aldehydes is 1. The summed E-state index contributed by atoms with van der Waals surface area (Å²) in [5.41, 5.74) is 0.868. The summed E-state index contributed by atoms with van der Waals surface area (Å²) in [6.07, 6.45) is 3.68. The molecular weight excluding hydrogens is 386 g/mol. The van der Waals surface area contributed by atoms with Crippen molar-refractivity contribution in [3.05, 3.63) is 83.7 Å². The molecule has 0 unspecified atom stereocenters. The number of hydrogen-bond acceptors (Lipinski definition) is 5. The van der Waals surface area contributed by atoms with Crippen LogP contribution in [-0.4, -0.2) is 20.1 Å². The average molecular weight is 410 g/mol. The van der Waals surface area contributed by atoms with E-state index in [2.05, 4.69) is 35.0 Å².